The van der Waals surface area contributed by atoms with Crippen molar-refractivity contribution >= 4 is 18.3 Å². The quantitative estimate of drug-likeness (QED) is 0.512. The zero-order chi connectivity index (χ0) is 18.4. The molecule has 0 fully saturated rings. The van der Waals surface area contributed by atoms with Crippen molar-refractivity contribution in [3.63, 3.8) is 0 Å². The van der Waals surface area contributed by atoms with Crippen molar-refractivity contribution in [1.29, 1.82) is 0 Å². The van der Waals surface area contributed by atoms with Gasteiger partial charge in [-0.05, 0) is 20.8 Å². The number of hydrogen-bond donors (Lipinski definition) is 0. The van der Waals surface area contributed by atoms with E-state index in [2.05, 4.69) is 0 Å². The first-order valence-corrected chi connectivity index (χ1v) is 10.7. The summed E-state index contributed by atoms with van der Waals surface area (Å²) in [5.74, 6) is 0. The van der Waals surface area contributed by atoms with E-state index in [1.165, 1.54) is 21.3 Å². The Morgan fingerprint density at radius 3 is 1.35 bits per heavy atom. The summed E-state index contributed by atoms with van der Waals surface area (Å²) < 4.78 is 65.7. The smallest absolute Gasteiger partial charge is 0.377 e. The van der Waals surface area contributed by atoms with E-state index in [1.807, 2.05) is 20.8 Å². The molecule has 0 heterocycles. The average Bonchev–Trinajstić information content (AvgIpc) is 2.50. The van der Waals surface area contributed by atoms with Gasteiger partial charge in [0.05, 0.1) is 0 Å². The lowest BCUT2D eigenvalue weighted by Crippen LogP contribution is -2.43. The Kier molecular flexibility index (Phi) is 15.7. The Hall–Kier alpha value is -0.0162. The second-order valence-electron chi connectivity index (χ2n) is 4.07. The van der Waals surface area contributed by atoms with Crippen molar-refractivity contribution in [2.45, 2.75) is 39.4 Å². The molecule has 0 N–H and O–H groups in total. The van der Waals surface area contributed by atoms with Crippen molar-refractivity contribution in [1.82, 2.24) is 0 Å². The van der Waals surface area contributed by atoms with Gasteiger partial charge in [-0.1, -0.05) is 0 Å². The Bertz CT molecular complexity index is 245. The molecule has 0 aliphatic carbocycles. The first kappa shape index (κ1) is 25.2. The van der Waals surface area contributed by atoms with Gasteiger partial charge in [0, 0.05) is 53.6 Å². The van der Waals surface area contributed by atoms with Crippen LogP contribution >= 0.6 is 0 Å². The number of alkyl halides is 3. The van der Waals surface area contributed by atoms with Crippen LogP contribution in [-0.2, 0) is 26.6 Å². The minimum atomic E-state index is -4.20. The minimum Gasteiger partial charge on any atom is -0.377 e. The van der Waals surface area contributed by atoms with Crippen molar-refractivity contribution in [2.75, 3.05) is 41.2 Å². The molecule has 0 unspecified atom stereocenters. The van der Waals surface area contributed by atoms with E-state index in [4.69, 9.17) is 26.6 Å². The summed E-state index contributed by atoms with van der Waals surface area (Å²) in [5.41, 5.74) is 0. The zero-order valence-electron chi connectivity index (χ0n) is 14.7. The van der Waals surface area contributed by atoms with Crippen LogP contribution in [0.15, 0.2) is 0 Å². The highest BCUT2D eigenvalue weighted by molar-refractivity contribution is 6.60. The SMILES string of the molecule is CCO[SiH](OCC)OCC.CO[Si](CCC(F)(F)F)(OC)OC. The molecule has 142 valence electrons. The Morgan fingerprint density at radius 1 is 0.783 bits per heavy atom. The Morgan fingerprint density at radius 2 is 1.13 bits per heavy atom. The monoisotopic (exact) mass is 382 g/mol. The van der Waals surface area contributed by atoms with Gasteiger partial charge in [-0.3, -0.25) is 0 Å². The van der Waals surface area contributed by atoms with Gasteiger partial charge in [0.25, 0.3) is 0 Å². The molecule has 0 saturated heterocycles. The number of hydrogen-bond acceptors (Lipinski definition) is 6. The maximum absolute atomic E-state index is 11.9. The van der Waals surface area contributed by atoms with Crippen LogP contribution < -0.4 is 0 Å². The predicted molar refractivity (Wildman–Crippen MR) is 84.3 cm³/mol. The summed E-state index contributed by atoms with van der Waals surface area (Å²) in [7, 11) is -0.919. The highest BCUT2D eigenvalue weighted by Crippen LogP contribution is 2.26. The van der Waals surface area contributed by atoms with Crippen LogP contribution in [0.5, 0.6) is 0 Å². The third-order valence-electron chi connectivity index (χ3n) is 2.56. The molecule has 0 aromatic rings. The van der Waals surface area contributed by atoms with E-state index >= 15 is 0 Å². The first-order valence-electron chi connectivity index (χ1n) is 7.31. The summed E-state index contributed by atoms with van der Waals surface area (Å²) >= 11 is 0. The standard InChI is InChI=1S/C6H13F3O3Si.C6H16O3Si/c1-10-13(11-2,12-3)5-4-6(7,8)9;1-4-7-10(8-5-2)9-6-3/h4-5H2,1-3H3;10H,4-6H2,1-3H3. The highest BCUT2D eigenvalue weighted by atomic mass is 28.4. The van der Waals surface area contributed by atoms with Gasteiger partial charge in [0.2, 0.25) is 0 Å². The molecular weight excluding hydrogens is 353 g/mol. The van der Waals surface area contributed by atoms with Gasteiger partial charge in [-0.25, -0.2) is 0 Å². The molecule has 0 atom stereocenters. The molecule has 0 rings (SSSR count). The van der Waals surface area contributed by atoms with Gasteiger partial charge < -0.3 is 26.6 Å². The van der Waals surface area contributed by atoms with Crippen LogP contribution in [0, 0.1) is 0 Å². The largest absolute Gasteiger partial charge is 0.500 e. The van der Waals surface area contributed by atoms with Crippen LogP contribution in [0.25, 0.3) is 0 Å². The summed E-state index contributed by atoms with van der Waals surface area (Å²) in [6.07, 6.45) is -5.15. The van der Waals surface area contributed by atoms with E-state index in [0.717, 1.165) is 0 Å². The molecule has 0 spiro atoms. The van der Waals surface area contributed by atoms with Gasteiger partial charge in [0.1, 0.15) is 0 Å². The van der Waals surface area contributed by atoms with Crippen molar-refractivity contribution in [3.8, 4) is 0 Å². The molecule has 0 aromatic heterocycles. The Balaban J connectivity index is 0. The van der Waals surface area contributed by atoms with E-state index in [1.54, 1.807) is 0 Å². The lowest BCUT2D eigenvalue weighted by molar-refractivity contribution is -0.132. The van der Waals surface area contributed by atoms with Gasteiger partial charge in [-0.2, -0.15) is 13.2 Å². The first-order chi connectivity index (χ1) is 10.7. The Labute approximate surface area is 139 Å². The van der Waals surface area contributed by atoms with Crippen LogP contribution in [0.4, 0.5) is 13.2 Å². The molecule has 0 amide bonds. The molecule has 0 bridgehead atoms. The molecule has 11 heteroatoms. The van der Waals surface area contributed by atoms with E-state index in [0.29, 0.717) is 19.8 Å². The third-order valence-corrected chi connectivity index (χ3v) is 7.10. The van der Waals surface area contributed by atoms with Crippen molar-refractivity contribution < 1.29 is 39.7 Å². The minimum absolute atomic E-state index is 0.250. The van der Waals surface area contributed by atoms with Gasteiger partial charge >= 0.3 is 24.5 Å². The fourth-order valence-electron chi connectivity index (χ4n) is 1.40. The van der Waals surface area contributed by atoms with E-state index in [9.17, 15) is 13.2 Å². The average molecular weight is 383 g/mol. The summed E-state index contributed by atoms with van der Waals surface area (Å²) in [5, 5.41) is 0. The normalized spacial score (nSPS) is 12.3. The molecule has 0 aliphatic rings. The molecular formula is C12H29F3O6Si2. The molecule has 0 radical (unpaired) electrons. The number of halogens is 3. The summed E-state index contributed by atoms with van der Waals surface area (Å²) in [6.45, 7) is 7.86. The molecule has 6 nitrogen and oxygen atoms in total. The fourth-order valence-corrected chi connectivity index (χ4v) is 4.21. The van der Waals surface area contributed by atoms with Crippen LogP contribution in [0.2, 0.25) is 6.04 Å². The molecule has 0 aromatic carbocycles. The van der Waals surface area contributed by atoms with Crippen molar-refractivity contribution in [2.24, 2.45) is 0 Å². The van der Waals surface area contributed by atoms with Crippen molar-refractivity contribution in [3.05, 3.63) is 0 Å². The maximum Gasteiger partial charge on any atom is 0.500 e. The fraction of sp³-hybridized carbons (Fsp3) is 1.00. The second kappa shape index (κ2) is 14.3. The van der Waals surface area contributed by atoms with Crippen LogP contribution in [-0.4, -0.2) is 65.7 Å². The topological polar surface area (TPSA) is 55.4 Å². The summed E-state index contributed by atoms with van der Waals surface area (Å²) in [4.78, 5) is 0. The maximum atomic E-state index is 11.9. The molecule has 23 heavy (non-hydrogen) atoms. The summed E-state index contributed by atoms with van der Waals surface area (Å²) in [6, 6.07) is -0.250. The van der Waals surface area contributed by atoms with E-state index in [-0.39, 0.29) is 6.04 Å². The third kappa shape index (κ3) is 14.1. The molecule has 0 aliphatic heterocycles. The lowest BCUT2D eigenvalue weighted by atomic mass is 10.5. The highest BCUT2D eigenvalue weighted by Gasteiger charge is 2.42. The predicted octanol–water partition coefficient (Wildman–Crippen LogP) is 2.63. The zero-order valence-corrected chi connectivity index (χ0v) is 16.9. The van der Waals surface area contributed by atoms with Gasteiger partial charge in [0.15, 0.2) is 0 Å². The van der Waals surface area contributed by atoms with Crippen LogP contribution in [0.1, 0.15) is 27.2 Å². The van der Waals surface area contributed by atoms with Crippen LogP contribution in [0.3, 0.4) is 0 Å². The second-order valence-corrected chi connectivity index (χ2v) is 8.73. The van der Waals surface area contributed by atoms with E-state index < -0.39 is 30.9 Å². The van der Waals surface area contributed by atoms with Gasteiger partial charge in [-0.15, -0.1) is 0 Å². The number of rotatable bonds is 11. The molecule has 0 saturated carbocycles. The lowest BCUT2D eigenvalue weighted by Gasteiger charge is -2.24.